The normalized spacial score (nSPS) is 10.0. The van der Waals surface area contributed by atoms with Gasteiger partial charge in [-0.05, 0) is 36.8 Å². The highest BCUT2D eigenvalue weighted by Gasteiger charge is 2.12. The maximum absolute atomic E-state index is 12.3. The number of nitrogens with zero attached hydrogens (tertiary/aromatic N) is 2. The zero-order valence-electron chi connectivity index (χ0n) is 13.1. The molecule has 124 valence electrons. The van der Waals surface area contributed by atoms with Gasteiger partial charge in [-0.1, -0.05) is 29.8 Å². The van der Waals surface area contributed by atoms with Gasteiger partial charge in [0.2, 0.25) is 5.91 Å². The van der Waals surface area contributed by atoms with Crippen LogP contribution in [0.3, 0.4) is 0 Å². The van der Waals surface area contributed by atoms with Crippen LogP contribution in [0.2, 0.25) is 5.02 Å². The summed E-state index contributed by atoms with van der Waals surface area (Å²) in [4.78, 5) is 14.2. The summed E-state index contributed by atoms with van der Waals surface area (Å²) in [5, 5.41) is 21.0. The first kappa shape index (κ1) is 17.8. The summed E-state index contributed by atoms with van der Waals surface area (Å²) in [5.41, 5.74) is 1.82. The molecule has 6 heteroatoms. The van der Waals surface area contributed by atoms with Crippen molar-refractivity contribution in [1.82, 2.24) is 0 Å². The highest BCUT2D eigenvalue weighted by atomic mass is 35.5. The first-order chi connectivity index (χ1) is 11.6. The monoisotopic (exact) mass is 343 g/mol. The van der Waals surface area contributed by atoms with Crippen LogP contribution in [0.15, 0.2) is 48.5 Å². The quantitative estimate of drug-likeness (QED) is 0.810. The zero-order chi connectivity index (χ0) is 17.4. The lowest BCUT2D eigenvalue weighted by Crippen LogP contribution is -2.34. The minimum Gasteiger partial charge on any atom is -0.396 e. The standard InChI is InChI=1S/C18H18ClN3O2/c19-17-11-15(8-7-14(17)12-20)21-18(24)13-22(9-4-10-23)16-5-2-1-3-6-16/h1-3,5-8,11,23H,4,9-10,13H2,(H,21,24). The maximum atomic E-state index is 12.3. The van der Waals surface area contributed by atoms with E-state index in [1.807, 2.05) is 41.3 Å². The second-order valence-electron chi connectivity index (χ2n) is 5.19. The van der Waals surface area contributed by atoms with Crippen molar-refractivity contribution in [3.8, 4) is 6.07 Å². The Morgan fingerprint density at radius 3 is 2.62 bits per heavy atom. The lowest BCUT2D eigenvalue weighted by molar-refractivity contribution is -0.115. The number of anilines is 2. The summed E-state index contributed by atoms with van der Waals surface area (Å²) in [6.07, 6.45) is 0.574. The van der Waals surface area contributed by atoms with Gasteiger partial charge in [-0.15, -0.1) is 0 Å². The molecule has 0 radical (unpaired) electrons. The van der Waals surface area contributed by atoms with Crippen molar-refractivity contribution in [2.24, 2.45) is 0 Å². The van der Waals surface area contributed by atoms with E-state index in [1.165, 1.54) is 0 Å². The Kier molecular flexibility index (Phi) is 6.62. The SMILES string of the molecule is N#Cc1ccc(NC(=O)CN(CCCO)c2ccccc2)cc1Cl. The number of aliphatic hydroxyl groups excluding tert-OH is 1. The lowest BCUT2D eigenvalue weighted by atomic mass is 10.2. The van der Waals surface area contributed by atoms with Crippen molar-refractivity contribution < 1.29 is 9.90 Å². The van der Waals surface area contributed by atoms with Gasteiger partial charge in [0.05, 0.1) is 17.1 Å². The van der Waals surface area contributed by atoms with E-state index in [1.54, 1.807) is 18.2 Å². The van der Waals surface area contributed by atoms with Crippen LogP contribution in [0.5, 0.6) is 0 Å². The molecule has 2 N–H and O–H groups in total. The number of hydrogen-bond donors (Lipinski definition) is 2. The van der Waals surface area contributed by atoms with Gasteiger partial charge in [0.15, 0.2) is 0 Å². The molecular formula is C18H18ClN3O2. The minimum atomic E-state index is -0.197. The molecule has 0 bridgehead atoms. The largest absolute Gasteiger partial charge is 0.396 e. The molecule has 0 fully saturated rings. The van der Waals surface area contributed by atoms with Gasteiger partial charge in [0.25, 0.3) is 0 Å². The van der Waals surface area contributed by atoms with Crippen molar-refractivity contribution in [1.29, 1.82) is 5.26 Å². The molecule has 0 heterocycles. The highest BCUT2D eigenvalue weighted by Crippen LogP contribution is 2.20. The molecule has 5 nitrogen and oxygen atoms in total. The Hall–Kier alpha value is -2.55. The van der Waals surface area contributed by atoms with E-state index >= 15 is 0 Å². The van der Waals surface area contributed by atoms with E-state index in [4.69, 9.17) is 22.0 Å². The molecule has 2 aromatic carbocycles. The molecule has 0 saturated heterocycles. The van der Waals surface area contributed by atoms with Gasteiger partial charge in [-0.3, -0.25) is 4.79 Å². The molecule has 0 aliphatic rings. The highest BCUT2D eigenvalue weighted by molar-refractivity contribution is 6.32. The molecule has 2 rings (SSSR count). The van der Waals surface area contributed by atoms with Crippen LogP contribution in [-0.2, 0) is 4.79 Å². The lowest BCUT2D eigenvalue weighted by Gasteiger charge is -2.24. The zero-order valence-corrected chi connectivity index (χ0v) is 13.8. The summed E-state index contributed by atoms with van der Waals surface area (Å²) in [5.74, 6) is -0.197. The van der Waals surface area contributed by atoms with Crippen LogP contribution in [0.25, 0.3) is 0 Å². The van der Waals surface area contributed by atoms with Crippen molar-refractivity contribution >= 4 is 28.9 Å². The fourth-order valence-corrected chi connectivity index (χ4v) is 2.48. The first-order valence-corrected chi connectivity index (χ1v) is 7.92. The molecular weight excluding hydrogens is 326 g/mol. The third-order valence-electron chi connectivity index (χ3n) is 3.42. The van der Waals surface area contributed by atoms with Gasteiger partial charge >= 0.3 is 0 Å². The average molecular weight is 344 g/mol. The predicted octanol–water partition coefficient (Wildman–Crippen LogP) is 3.04. The molecule has 24 heavy (non-hydrogen) atoms. The Balaban J connectivity index is 2.05. The number of amides is 1. The number of hydrogen-bond acceptors (Lipinski definition) is 4. The Labute approximate surface area is 146 Å². The van der Waals surface area contributed by atoms with Gasteiger partial charge in [-0.25, -0.2) is 0 Å². The van der Waals surface area contributed by atoms with Crippen LogP contribution >= 0.6 is 11.6 Å². The van der Waals surface area contributed by atoms with Crippen LogP contribution in [0.4, 0.5) is 11.4 Å². The van der Waals surface area contributed by atoms with Gasteiger partial charge < -0.3 is 15.3 Å². The fourth-order valence-electron chi connectivity index (χ4n) is 2.26. The summed E-state index contributed by atoms with van der Waals surface area (Å²) in [6.45, 7) is 0.792. The third kappa shape index (κ3) is 4.98. The van der Waals surface area contributed by atoms with Crippen LogP contribution in [0.1, 0.15) is 12.0 Å². The van der Waals surface area contributed by atoms with Crippen molar-refractivity contribution in [3.63, 3.8) is 0 Å². The average Bonchev–Trinajstić information content (AvgIpc) is 2.59. The predicted molar refractivity (Wildman–Crippen MR) is 95.2 cm³/mol. The number of para-hydroxylation sites is 1. The van der Waals surface area contributed by atoms with E-state index in [0.717, 1.165) is 5.69 Å². The molecule has 0 aliphatic carbocycles. The number of rotatable bonds is 7. The van der Waals surface area contributed by atoms with Gasteiger partial charge in [0, 0.05) is 24.5 Å². The first-order valence-electron chi connectivity index (χ1n) is 7.54. The minimum absolute atomic E-state index is 0.0657. The van der Waals surface area contributed by atoms with Crippen LogP contribution in [-0.4, -0.2) is 30.7 Å². The molecule has 0 unspecified atom stereocenters. The number of benzene rings is 2. The van der Waals surface area contributed by atoms with E-state index in [0.29, 0.717) is 29.2 Å². The molecule has 0 aliphatic heterocycles. The summed E-state index contributed by atoms with van der Waals surface area (Å²) in [7, 11) is 0. The summed E-state index contributed by atoms with van der Waals surface area (Å²) < 4.78 is 0. The van der Waals surface area contributed by atoms with Crippen LogP contribution < -0.4 is 10.2 Å². The molecule has 0 atom stereocenters. The summed E-state index contributed by atoms with van der Waals surface area (Å²) in [6, 6.07) is 16.3. The van der Waals surface area contributed by atoms with E-state index in [-0.39, 0.29) is 19.1 Å². The van der Waals surface area contributed by atoms with Crippen molar-refractivity contribution in [2.45, 2.75) is 6.42 Å². The molecule has 0 saturated carbocycles. The number of nitriles is 1. The smallest absolute Gasteiger partial charge is 0.243 e. The third-order valence-corrected chi connectivity index (χ3v) is 3.73. The number of carbonyl (C=O) groups is 1. The van der Waals surface area contributed by atoms with E-state index in [2.05, 4.69) is 5.32 Å². The molecule has 0 spiro atoms. The van der Waals surface area contributed by atoms with E-state index < -0.39 is 0 Å². The maximum Gasteiger partial charge on any atom is 0.243 e. The topological polar surface area (TPSA) is 76.4 Å². The second-order valence-corrected chi connectivity index (χ2v) is 5.60. The fraction of sp³-hybridized carbons (Fsp3) is 0.222. The molecule has 0 aromatic heterocycles. The summed E-state index contributed by atoms with van der Waals surface area (Å²) >= 11 is 5.97. The van der Waals surface area contributed by atoms with E-state index in [9.17, 15) is 4.79 Å². The Morgan fingerprint density at radius 2 is 2.00 bits per heavy atom. The van der Waals surface area contributed by atoms with Crippen LogP contribution in [0, 0.1) is 11.3 Å². The Morgan fingerprint density at radius 1 is 1.25 bits per heavy atom. The second kappa shape index (κ2) is 8.92. The van der Waals surface area contributed by atoms with Crippen molar-refractivity contribution in [2.75, 3.05) is 29.9 Å². The van der Waals surface area contributed by atoms with Gasteiger partial charge in [0.1, 0.15) is 6.07 Å². The number of nitrogens with one attached hydrogen (secondary N) is 1. The van der Waals surface area contributed by atoms with Gasteiger partial charge in [-0.2, -0.15) is 5.26 Å². The number of halogens is 1. The Bertz CT molecular complexity index is 729. The number of carbonyl (C=O) groups excluding carboxylic acids is 1. The molecule has 2 aromatic rings. The van der Waals surface area contributed by atoms with Crippen molar-refractivity contribution in [3.05, 3.63) is 59.1 Å². The number of aliphatic hydroxyl groups is 1. The molecule has 1 amide bonds.